The molecule has 2 aromatic carbocycles. The highest BCUT2D eigenvalue weighted by molar-refractivity contribution is 6.66. The van der Waals surface area contributed by atoms with Crippen LogP contribution in [0.15, 0.2) is 91.7 Å². The Morgan fingerprint density at radius 1 is 0.929 bits per heavy atom. The number of hydrogen-bond donors (Lipinski definition) is 1. The molecule has 4 atom stereocenters. The van der Waals surface area contributed by atoms with E-state index in [1.807, 2.05) is 0 Å². The summed E-state index contributed by atoms with van der Waals surface area (Å²) in [6.45, 7) is -0.0174. The van der Waals surface area contributed by atoms with Crippen molar-refractivity contribution in [1.29, 1.82) is 0 Å². The molecule has 0 bridgehead atoms. The van der Waals surface area contributed by atoms with Crippen molar-refractivity contribution < 1.29 is 19.4 Å². The zero-order valence-corrected chi connectivity index (χ0v) is 24.4. The number of phenols is 1. The molecule has 1 fully saturated rings. The minimum Gasteiger partial charge on any atom is -0.508 e. The highest BCUT2D eigenvalue weighted by atomic mass is 35.5. The van der Waals surface area contributed by atoms with E-state index in [1.54, 1.807) is 42.5 Å². The number of aromatic hydroxyl groups is 1. The van der Waals surface area contributed by atoms with Crippen LogP contribution in [0.3, 0.4) is 0 Å². The normalized spacial score (nSPS) is 28.2. The molecule has 214 valence electrons. The maximum atomic E-state index is 13.9. The molecule has 9 nitrogen and oxygen atoms in total. The van der Waals surface area contributed by atoms with Crippen LogP contribution in [0, 0.1) is 5.92 Å². The standard InChI is InChI=1S/C29H19Cl4N3O6/c30-22-23(31)25(39)29(33)21(15-10-14-11-17(37)6-7-20(14)42-13-15)18-8-9-34-26(40)35(16-4-2-1-3-5-16)27(41)36(34)19(18)12-28(29,32)24(22)38/h1-8,11,13,19,21,37H,9-10,12H2/t19-,21+,28-,29+/m1/s1. The smallest absolute Gasteiger partial charge is 0.352 e. The van der Waals surface area contributed by atoms with Gasteiger partial charge in [0.1, 0.15) is 31.3 Å². The number of rotatable bonds is 2. The van der Waals surface area contributed by atoms with E-state index in [9.17, 15) is 24.3 Å². The molecular weight excluding hydrogens is 628 g/mol. The lowest BCUT2D eigenvalue weighted by Crippen LogP contribution is -2.68. The van der Waals surface area contributed by atoms with Gasteiger partial charge in [0, 0.05) is 24.3 Å². The first-order chi connectivity index (χ1) is 20.0. The third kappa shape index (κ3) is 3.45. The van der Waals surface area contributed by atoms with Crippen molar-refractivity contribution in [2.75, 3.05) is 0 Å². The Bertz CT molecular complexity index is 1950. The molecule has 0 unspecified atom stereocenters. The summed E-state index contributed by atoms with van der Waals surface area (Å²) in [7, 11) is 0. The number of halogens is 4. The van der Waals surface area contributed by atoms with Crippen LogP contribution in [0.1, 0.15) is 18.0 Å². The van der Waals surface area contributed by atoms with Crippen molar-refractivity contribution in [1.82, 2.24) is 13.9 Å². The van der Waals surface area contributed by atoms with E-state index in [-0.39, 0.29) is 25.1 Å². The molecule has 3 aromatic rings. The summed E-state index contributed by atoms with van der Waals surface area (Å²) >= 11 is 26.9. The SMILES string of the molecule is O=C1C(Cl)=C(Cl)C(=O)[C@@]2(Cl)[C@@H](C3=COc4ccc(O)cc4C3)C3=CCn4c(=O)n(-c5ccccc5)c(=O)n4[C@@H]3C[C@@]12Cl. The van der Waals surface area contributed by atoms with E-state index < -0.39 is 54.7 Å². The number of benzene rings is 2. The first-order valence-corrected chi connectivity index (χ1v) is 14.4. The van der Waals surface area contributed by atoms with Gasteiger partial charge in [-0.1, -0.05) is 47.5 Å². The second-order valence-electron chi connectivity index (χ2n) is 10.6. The van der Waals surface area contributed by atoms with E-state index in [1.165, 1.54) is 27.8 Å². The molecule has 0 amide bonds. The van der Waals surface area contributed by atoms with Gasteiger partial charge in [0.05, 0.1) is 24.5 Å². The van der Waals surface area contributed by atoms with Crippen LogP contribution >= 0.6 is 46.4 Å². The summed E-state index contributed by atoms with van der Waals surface area (Å²) in [4.78, 5) is 50.8. The number of fused-ring (bicyclic) bond motifs is 5. The molecule has 42 heavy (non-hydrogen) atoms. The van der Waals surface area contributed by atoms with E-state index in [0.29, 0.717) is 28.1 Å². The number of Topliss-reactive ketones (excluding diaryl/α,β-unsaturated/α-hetero) is 2. The van der Waals surface area contributed by atoms with Gasteiger partial charge < -0.3 is 9.84 Å². The van der Waals surface area contributed by atoms with Crippen LogP contribution in [-0.4, -0.2) is 40.4 Å². The Morgan fingerprint density at radius 3 is 2.38 bits per heavy atom. The van der Waals surface area contributed by atoms with Crippen molar-refractivity contribution in [3.63, 3.8) is 0 Å². The van der Waals surface area contributed by atoms with Gasteiger partial charge in [0.15, 0.2) is 11.6 Å². The number of ketones is 2. The van der Waals surface area contributed by atoms with E-state index in [2.05, 4.69) is 0 Å². The van der Waals surface area contributed by atoms with Crippen LogP contribution in [-0.2, 0) is 22.6 Å². The Labute approximate surface area is 257 Å². The van der Waals surface area contributed by atoms with Gasteiger partial charge in [0.2, 0.25) is 0 Å². The first kappa shape index (κ1) is 27.3. The number of phenolic OH excluding ortho intramolecular Hbond substituents is 1. The zero-order chi connectivity index (χ0) is 29.7. The van der Waals surface area contributed by atoms with Crippen molar-refractivity contribution in [2.24, 2.45) is 5.92 Å². The summed E-state index contributed by atoms with van der Waals surface area (Å²) in [5.74, 6) is -2.31. The van der Waals surface area contributed by atoms with Gasteiger partial charge in [-0.15, -0.1) is 23.2 Å². The fourth-order valence-electron chi connectivity index (χ4n) is 6.58. The number of alkyl halides is 2. The average Bonchev–Trinajstić information content (AvgIpc) is 3.25. The topological polar surface area (TPSA) is 113 Å². The van der Waals surface area contributed by atoms with Crippen molar-refractivity contribution in [3.8, 4) is 17.2 Å². The summed E-state index contributed by atoms with van der Waals surface area (Å²) < 4.78 is 9.43. The van der Waals surface area contributed by atoms with E-state index >= 15 is 0 Å². The lowest BCUT2D eigenvalue weighted by atomic mass is 9.58. The number of carbonyl (C=O) groups is 2. The molecule has 7 rings (SSSR count). The maximum absolute atomic E-state index is 13.9. The highest BCUT2D eigenvalue weighted by Gasteiger charge is 2.72. The largest absolute Gasteiger partial charge is 0.508 e. The third-order valence-corrected chi connectivity index (χ3v) is 10.7. The summed E-state index contributed by atoms with van der Waals surface area (Å²) in [5, 5.41) is 9.03. The lowest BCUT2D eigenvalue weighted by Gasteiger charge is -2.55. The van der Waals surface area contributed by atoms with E-state index in [4.69, 9.17) is 51.1 Å². The Morgan fingerprint density at radius 2 is 1.64 bits per heavy atom. The van der Waals surface area contributed by atoms with Crippen LogP contribution in [0.25, 0.3) is 5.69 Å². The van der Waals surface area contributed by atoms with Gasteiger partial charge in [-0.3, -0.25) is 9.59 Å². The van der Waals surface area contributed by atoms with Crippen LogP contribution < -0.4 is 16.1 Å². The quantitative estimate of drug-likeness (QED) is 0.328. The number of ether oxygens (including phenoxy) is 1. The number of hydrogen-bond acceptors (Lipinski definition) is 6. The fourth-order valence-corrected chi connectivity index (χ4v) is 8.12. The average molecular weight is 647 g/mol. The van der Waals surface area contributed by atoms with Crippen LogP contribution in [0.2, 0.25) is 0 Å². The van der Waals surface area contributed by atoms with Gasteiger partial charge >= 0.3 is 11.4 Å². The summed E-state index contributed by atoms with van der Waals surface area (Å²) in [5.41, 5.74) is 0.687. The molecular formula is C29H19Cl4N3O6. The molecule has 0 saturated heterocycles. The van der Waals surface area contributed by atoms with Gasteiger partial charge in [0.25, 0.3) is 0 Å². The third-order valence-electron chi connectivity index (χ3n) is 8.46. The number of allylic oxidation sites excluding steroid dienone is 5. The maximum Gasteiger partial charge on any atom is 0.352 e. The van der Waals surface area contributed by atoms with E-state index in [0.717, 1.165) is 4.57 Å². The molecule has 1 aromatic heterocycles. The molecule has 13 heteroatoms. The monoisotopic (exact) mass is 645 g/mol. The molecule has 0 radical (unpaired) electrons. The Kier molecular flexibility index (Phi) is 6.02. The number of para-hydroxylation sites is 1. The minimum absolute atomic E-state index is 0.00350. The predicted molar refractivity (Wildman–Crippen MR) is 156 cm³/mol. The molecule has 4 aliphatic rings. The Hall–Kier alpha value is -3.50. The minimum atomic E-state index is -2.15. The number of carbonyl (C=O) groups excluding carboxylic acids is 2. The lowest BCUT2D eigenvalue weighted by molar-refractivity contribution is -0.129. The second kappa shape index (κ2) is 9.25. The molecule has 1 saturated carbocycles. The van der Waals surface area contributed by atoms with Gasteiger partial charge in [-0.2, -0.15) is 0 Å². The predicted octanol–water partition coefficient (Wildman–Crippen LogP) is 4.32. The van der Waals surface area contributed by atoms with Crippen molar-refractivity contribution in [2.45, 2.75) is 35.2 Å². The van der Waals surface area contributed by atoms with Gasteiger partial charge in [-0.05, 0) is 41.5 Å². The molecule has 1 N–H and O–H groups in total. The Balaban J connectivity index is 1.46. The second-order valence-corrected chi connectivity index (χ2v) is 12.6. The molecule has 3 heterocycles. The van der Waals surface area contributed by atoms with Crippen molar-refractivity contribution >= 4 is 58.0 Å². The summed E-state index contributed by atoms with van der Waals surface area (Å²) in [6.07, 6.45) is 2.99. The first-order valence-electron chi connectivity index (χ1n) is 12.9. The van der Waals surface area contributed by atoms with Crippen molar-refractivity contribution in [3.05, 3.63) is 109 Å². The van der Waals surface area contributed by atoms with Gasteiger partial charge in [-0.25, -0.2) is 23.5 Å². The molecule has 2 aliphatic heterocycles. The summed E-state index contributed by atoms with van der Waals surface area (Å²) in [6, 6.07) is 12.1. The fraction of sp³-hybridized carbons (Fsp3) is 0.241. The molecule has 0 spiro atoms. The van der Waals surface area contributed by atoms with Crippen LogP contribution in [0.5, 0.6) is 11.5 Å². The molecule has 2 aliphatic carbocycles. The number of aromatic nitrogens is 3. The number of nitrogens with zero attached hydrogens (tertiary/aromatic N) is 3. The van der Waals surface area contributed by atoms with Crippen LogP contribution in [0.4, 0.5) is 0 Å². The zero-order valence-electron chi connectivity index (χ0n) is 21.4. The highest BCUT2D eigenvalue weighted by Crippen LogP contribution is 2.63.